The molecule has 2 aliphatic heterocycles. The summed E-state index contributed by atoms with van der Waals surface area (Å²) in [6, 6.07) is 7.39. The second kappa shape index (κ2) is 12.4. The molecule has 2 aliphatic carbocycles. The number of benzene rings is 1. The van der Waals surface area contributed by atoms with Crippen molar-refractivity contribution in [2.75, 3.05) is 36.9 Å². The molecular weight excluding hydrogens is 617 g/mol. The zero-order valence-corrected chi connectivity index (χ0v) is 28.6. The monoisotopic (exact) mass is 664 g/mol. The van der Waals surface area contributed by atoms with Crippen molar-refractivity contribution in [1.82, 2.24) is 29.5 Å². The van der Waals surface area contributed by atoms with Crippen LogP contribution in [-0.2, 0) is 31.7 Å². The average molecular weight is 665 g/mol. The fraction of sp³-hybridized carbons (Fsp3) is 0.611. The molecule has 1 aromatic carbocycles. The lowest BCUT2D eigenvalue weighted by molar-refractivity contribution is -0.138. The first kappa shape index (κ1) is 33.0. The number of aryl methyl sites for hydroxylation is 1. The molecule has 1 saturated heterocycles. The van der Waals surface area contributed by atoms with Crippen molar-refractivity contribution >= 4 is 17.5 Å². The van der Waals surface area contributed by atoms with Crippen LogP contribution in [0.25, 0.3) is 0 Å². The van der Waals surface area contributed by atoms with Crippen LogP contribution in [0, 0.1) is 11.8 Å². The number of alkyl halides is 3. The van der Waals surface area contributed by atoms with Gasteiger partial charge in [0.05, 0.1) is 17.5 Å². The number of halogens is 3. The highest BCUT2D eigenvalue weighted by atomic mass is 19.4. The highest BCUT2D eigenvalue weighted by Crippen LogP contribution is 2.52. The van der Waals surface area contributed by atoms with Gasteiger partial charge in [0.25, 0.3) is 5.91 Å². The lowest BCUT2D eigenvalue weighted by Gasteiger charge is -2.46. The molecule has 48 heavy (non-hydrogen) atoms. The lowest BCUT2D eigenvalue weighted by atomic mass is 9.58. The zero-order chi connectivity index (χ0) is 34.0. The first-order valence-corrected chi connectivity index (χ1v) is 17.4. The van der Waals surface area contributed by atoms with Crippen molar-refractivity contribution in [3.63, 3.8) is 0 Å². The third-order valence-corrected chi connectivity index (χ3v) is 11.2. The fourth-order valence-electron chi connectivity index (χ4n) is 8.73. The Morgan fingerprint density at radius 3 is 2.46 bits per heavy atom. The number of anilines is 2. The Morgan fingerprint density at radius 1 is 1.06 bits per heavy atom. The maximum atomic E-state index is 14.7. The summed E-state index contributed by atoms with van der Waals surface area (Å²) < 4.78 is 46.1. The Balaban J connectivity index is 1.27. The molecule has 0 bridgehead atoms. The van der Waals surface area contributed by atoms with Crippen LogP contribution < -0.4 is 10.2 Å². The summed E-state index contributed by atoms with van der Waals surface area (Å²) in [6.45, 7) is 9.15. The number of carbonyl (C=O) groups excluding carboxylic acids is 1. The van der Waals surface area contributed by atoms with E-state index in [1.54, 1.807) is 12.4 Å². The zero-order valence-electron chi connectivity index (χ0n) is 28.6. The number of likely N-dealkylation sites (N-methyl/N-ethyl adjacent to an activating group) is 1. The van der Waals surface area contributed by atoms with Gasteiger partial charge >= 0.3 is 6.18 Å². The number of amides is 1. The summed E-state index contributed by atoms with van der Waals surface area (Å²) in [5.74, 6) is 2.21. The Bertz CT molecular complexity index is 1670. The van der Waals surface area contributed by atoms with Crippen LogP contribution in [0.1, 0.15) is 97.7 Å². The first-order chi connectivity index (χ1) is 22.8. The van der Waals surface area contributed by atoms with E-state index < -0.39 is 23.1 Å². The third-order valence-electron chi connectivity index (χ3n) is 11.2. The summed E-state index contributed by atoms with van der Waals surface area (Å²) in [7, 11) is 4.01. The quantitative estimate of drug-likeness (QED) is 0.306. The Kier molecular flexibility index (Phi) is 8.55. The molecule has 1 amide bonds. The van der Waals surface area contributed by atoms with Gasteiger partial charge in [0, 0.05) is 50.9 Å². The van der Waals surface area contributed by atoms with Crippen LogP contribution in [-0.4, -0.2) is 74.2 Å². The Hall–Kier alpha value is -3.51. The van der Waals surface area contributed by atoms with Crippen molar-refractivity contribution < 1.29 is 18.0 Å². The van der Waals surface area contributed by atoms with Gasteiger partial charge < -0.3 is 14.8 Å². The Morgan fingerprint density at radius 2 is 1.81 bits per heavy atom. The topological polar surface area (TPSA) is 82.4 Å². The van der Waals surface area contributed by atoms with E-state index in [1.165, 1.54) is 11.0 Å². The minimum atomic E-state index is -4.60. The van der Waals surface area contributed by atoms with Crippen molar-refractivity contribution in [2.24, 2.45) is 18.9 Å². The van der Waals surface area contributed by atoms with Gasteiger partial charge in [-0.15, -0.1) is 10.2 Å². The number of pyridine rings is 1. The SMILES string of the molecule is CC(C)[C@H]1CN(C)CCN1Cc1cc2c(c(C(F)(F)F)c1)CN(c1cc([C@]3(c4nncn4C)C[C@@H](C)C3)cc(NC3CCCC3)n1)C2=O. The van der Waals surface area contributed by atoms with Gasteiger partial charge in [0.1, 0.15) is 23.8 Å². The number of rotatable bonds is 8. The summed E-state index contributed by atoms with van der Waals surface area (Å²) in [4.78, 5) is 25.1. The molecule has 4 aliphatic rings. The number of piperazine rings is 1. The van der Waals surface area contributed by atoms with Crippen LogP contribution in [0.4, 0.5) is 24.8 Å². The van der Waals surface area contributed by atoms with E-state index in [-0.39, 0.29) is 29.8 Å². The van der Waals surface area contributed by atoms with E-state index >= 15 is 0 Å². The van der Waals surface area contributed by atoms with E-state index in [0.717, 1.165) is 69.5 Å². The molecule has 1 N–H and O–H groups in total. The van der Waals surface area contributed by atoms with Gasteiger partial charge in [-0.3, -0.25) is 14.6 Å². The average Bonchev–Trinajstić information content (AvgIpc) is 3.76. The summed E-state index contributed by atoms with van der Waals surface area (Å²) in [5.41, 5.74) is 0.452. The normalized spacial score (nSPS) is 25.6. The van der Waals surface area contributed by atoms with Crippen LogP contribution in [0.2, 0.25) is 0 Å². The predicted molar refractivity (Wildman–Crippen MR) is 179 cm³/mol. The van der Waals surface area contributed by atoms with Gasteiger partial charge in [-0.2, -0.15) is 13.2 Å². The predicted octanol–water partition coefficient (Wildman–Crippen LogP) is 6.23. The van der Waals surface area contributed by atoms with Crippen molar-refractivity contribution in [3.8, 4) is 0 Å². The molecule has 7 rings (SSSR count). The minimum Gasteiger partial charge on any atom is -0.367 e. The molecule has 3 aromatic rings. The Labute approximate surface area is 280 Å². The van der Waals surface area contributed by atoms with Crippen molar-refractivity contribution in [2.45, 2.75) is 96.1 Å². The number of nitrogens with one attached hydrogen (secondary N) is 1. The molecular formula is C36H47F3N8O. The maximum Gasteiger partial charge on any atom is 0.416 e. The van der Waals surface area contributed by atoms with E-state index in [1.807, 2.05) is 17.7 Å². The molecule has 2 aromatic heterocycles. The number of aromatic nitrogens is 4. The molecule has 0 unspecified atom stereocenters. The second-order valence-electron chi connectivity index (χ2n) is 15.2. The van der Waals surface area contributed by atoms with E-state index in [9.17, 15) is 18.0 Å². The molecule has 2 saturated carbocycles. The smallest absolute Gasteiger partial charge is 0.367 e. The summed E-state index contributed by atoms with van der Waals surface area (Å²) in [6.07, 6.45) is 3.14. The molecule has 258 valence electrons. The minimum absolute atomic E-state index is 0.0211. The van der Waals surface area contributed by atoms with Gasteiger partial charge in [-0.25, -0.2) is 4.98 Å². The number of hydrogen-bond acceptors (Lipinski definition) is 7. The van der Waals surface area contributed by atoms with Crippen LogP contribution >= 0.6 is 0 Å². The van der Waals surface area contributed by atoms with Crippen LogP contribution in [0.3, 0.4) is 0 Å². The van der Waals surface area contributed by atoms with E-state index in [4.69, 9.17) is 4.98 Å². The molecule has 4 heterocycles. The largest absolute Gasteiger partial charge is 0.416 e. The molecule has 3 fully saturated rings. The lowest BCUT2D eigenvalue weighted by Crippen LogP contribution is -2.53. The maximum absolute atomic E-state index is 14.7. The summed E-state index contributed by atoms with van der Waals surface area (Å²) in [5, 5.41) is 12.3. The summed E-state index contributed by atoms with van der Waals surface area (Å²) >= 11 is 0. The molecule has 12 heteroatoms. The standard InChI is InChI=1S/C36H47F3N8O/c1-22(2)30-20-44(4)10-11-46(30)18-24-12-27-28(29(13-24)36(37,38)39)19-47(33(27)48)32-15-25(14-31(42-32)41-26-8-6-7-9-26)35(16-23(3)17-35)34-43-40-21-45(34)5/h12-15,21-23,26,30H,6-11,16-20H2,1-5H3,(H,41,42)/t23-,30-,35+/m1/s1. The number of hydrogen-bond donors (Lipinski definition) is 1. The molecule has 1 atom stereocenters. The number of nitrogens with zero attached hydrogens (tertiary/aromatic N) is 7. The van der Waals surface area contributed by atoms with E-state index in [0.29, 0.717) is 35.6 Å². The second-order valence-corrected chi connectivity index (χ2v) is 15.2. The molecule has 0 radical (unpaired) electrons. The number of fused-ring (bicyclic) bond motifs is 1. The van der Waals surface area contributed by atoms with Gasteiger partial charge in [0.2, 0.25) is 0 Å². The highest BCUT2D eigenvalue weighted by molar-refractivity contribution is 6.10. The van der Waals surface area contributed by atoms with Gasteiger partial charge in [-0.05, 0) is 85.5 Å². The van der Waals surface area contributed by atoms with E-state index in [2.05, 4.69) is 59.2 Å². The fourth-order valence-corrected chi connectivity index (χ4v) is 8.73. The van der Waals surface area contributed by atoms with Crippen molar-refractivity contribution in [1.29, 1.82) is 0 Å². The third kappa shape index (κ3) is 5.99. The first-order valence-electron chi connectivity index (χ1n) is 17.4. The number of carbonyl (C=O) groups is 1. The highest BCUT2D eigenvalue weighted by Gasteiger charge is 2.49. The van der Waals surface area contributed by atoms with Crippen molar-refractivity contribution in [3.05, 3.63) is 64.2 Å². The van der Waals surface area contributed by atoms with Gasteiger partial charge in [0.15, 0.2) is 0 Å². The molecule has 9 nitrogen and oxygen atoms in total. The molecule has 0 spiro atoms. The van der Waals surface area contributed by atoms with Crippen LogP contribution in [0.15, 0.2) is 30.6 Å². The van der Waals surface area contributed by atoms with Gasteiger partial charge in [-0.1, -0.05) is 33.6 Å². The van der Waals surface area contributed by atoms with Crippen LogP contribution in [0.5, 0.6) is 0 Å².